The van der Waals surface area contributed by atoms with Gasteiger partial charge in [-0.05, 0) is 39.0 Å². The second-order valence-corrected chi connectivity index (χ2v) is 6.75. The van der Waals surface area contributed by atoms with Crippen LogP contribution >= 0.6 is 0 Å². The minimum absolute atomic E-state index is 0. The van der Waals surface area contributed by atoms with Crippen LogP contribution in [0.1, 0.15) is 25.0 Å². The van der Waals surface area contributed by atoms with Crippen LogP contribution in [-0.2, 0) is 24.9 Å². The van der Waals surface area contributed by atoms with Gasteiger partial charge in [-0.15, -0.1) is 23.3 Å². The fraction of sp³-hybridized carbons (Fsp3) is 0.250. The molecule has 0 fully saturated rings. The number of ketones is 1. The van der Waals surface area contributed by atoms with Gasteiger partial charge in [0, 0.05) is 43.0 Å². The molecule has 0 aliphatic heterocycles. The number of rotatable bonds is 4. The monoisotopic (exact) mass is 585 g/mol. The van der Waals surface area contributed by atoms with Gasteiger partial charge in [0.1, 0.15) is 5.75 Å². The molecule has 1 heterocycles. The number of allylic oxidation sites excluding steroid dienone is 2. The van der Waals surface area contributed by atoms with Crippen molar-refractivity contribution in [1.29, 1.82) is 0 Å². The number of carbonyl (C=O) groups is 1. The first kappa shape index (κ1) is 25.3. The van der Waals surface area contributed by atoms with E-state index in [2.05, 4.69) is 25.1 Å². The van der Waals surface area contributed by atoms with Gasteiger partial charge in [0.05, 0.1) is 25.5 Å². The summed E-state index contributed by atoms with van der Waals surface area (Å²) in [6, 6.07) is 15.4. The summed E-state index contributed by atoms with van der Waals surface area (Å²) in [6.07, 6.45) is 1.17. The fourth-order valence-electron chi connectivity index (χ4n) is 2.85. The molecule has 30 heavy (non-hydrogen) atoms. The van der Waals surface area contributed by atoms with Gasteiger partial charge in [-0.3, -0.25) is 9.78 Å². The summed E-state index contributed by atoms with van der Waals surface area (Å²) in [7, 11) is 3.32. The zero-order valence-corrected chi connectivity index (χ0v) is 20.4. The van der Waals surface area contributed by atoms with Crippen molar-refractivity contribution in [1.82, 2.24) is 4.98 Å². The van der Waals surface area contributed by atoms with E-state index in [1.165, 1.54) is 25.5 Å². The second kappa shape index (κ2) is 11.5. The topological polar surface area (TPSA) is 68.7 Å². The standard InChI is InChI=1S/C19H18NO2.C5H8O2.Ir/c1-12-5-6-17-14(7-12)11-18(22-4)19(20-17)15-8-13(2)9-16(10-15)21-3;1-4(6)3-5(2)7;/h5-7,9-11H,1-4H3;3,6H,1-2H3;/q-1;;/b;4-3-;. The molecule has 0 aliphatic rings. The van der Waals surface area contributed by atoms with Gasteiger partial charge in [0.2, 0.25) is 0 Å². The minimum atomic E-state index is -0.125. The summed E-state index contributed by atoms with van der Waals surface area (Å²) >= 11 is 0. The van der Waals surface area contributed by atoms with Crippen LogP contribution < -0.4 is 9.47 Å². The number of nitrogens with zero attached hydrogens (tertiary/aromatic N) is 1. The molecule has 0 bridgehead atoms. The molecule has 3 rings (SSSR count). The average molecular weight is 585 g/mol. The largest absolute Gasteiger partial charge is 0.516 e. The Labute approximate surface area is 191 Å². The number of hydrogen-bond donors (Lipinski definition) is 1. The molecular weight excluding hydrogens is 558 g/mol. The normalized spacial score (nSPS) is 10.5. The molecule has 0 atom stereocenters. The minimum Gasteiger partial charge on any atom is -0.516 e. The summed E-state index contributed by atoms with van der Waals surface area (Å²) in [4.78, 5) is 14.8. The number of aryl methyl sites for hydroxylation is 2. The molecule has 0 saturated heterocycles. The Bertz CT molecular complexity index is 1060. The number of fused-ring (bicyclic) bond motifs is 1. The second-order valence-electron chi connectivity index (χ2n) is 6.75. The zero-order chi connectivity index (χ0) is 21.6. The molecule has 0 saturated carbocycles. The predicted octanol–water partition coefficient (Wildman–Crippen LogP) is 5.37. The van der Waals surface area contributed by atoms with Crippen molar-refractivity contribution in [2.24, 2.45) is 0 Å². The van der Waals surface area contributed by atoms with Crippen LogP contribution in [-0.4, -0.2) is 30.1 Å². The molecule has 0 amide bonds. The van der Waals surface area contributed by atoms with Crippen LogP contribution in [0.15, 0.2) is 48.2 Å². The van der Waals surface area contributed by atoms with E-state index in [1.807, 2.05) is 31.2 Å². The van der Waals surface area contributed by atoms with Crippen LogP contribution in [0, 0.1) is 19.9 Å². The molecule has 0 spiro atoms. The van der Waals surface area contributed by atoms with E-state index in [-0.39, 0.29) is 31.6 Å². The van der Waals surface area contributed by atoms with Crippen molar-refractivity contribution in [2.45, 2.75) is 27.7 Å². The van der Waals surface area contributed by atoms with Crippen molar-refractivity contribution in [2.75, 3.05) is 14.2 Å². The number of pyridine rings is 1. The van der Waals surface area contributed by atoms with E-state index in [0.717, 1.165) is 39.2 Å². The number of methoxy groups -OCH3 is 2. The molecule has 0 aliphatic carbocycles. The quantitative estimate of drug-likeness (QED) is 0.254. The number of aliphatic hydroxyl groups is 1. The third-order valence-electron chi connectivity index (χ3n) is 4.04. The maximum atomic E-state index is 10.0. The van der Waals surface area contributed by atoms with E-state index in [4.69, 9.17) is 19.6 Å². The van der Waals surface area contributed by atoms with E-state index in [9.17, 15) is 4.79 Å². The van der Waals surface area contributed by atoms with Crippen molar-refractivity contribution in [3.63, 3.8) is 0 Å². The number of aromatic nitrogens is 1. The molecule has 0 unspecified atom stereocenters. The van der Waals surface area contributed by atoms with Crippen LogP contribution in [0.25, 0.3) is 22.2 Å². The summed E-state index contributed by atoms with van der Waals surface area (Å²) in [5, 5.41) is 9.43. The number of benzene rings is 2. The maximum absolute atomic E-state index is 10.0. The predicted molar refractivity (Wildman–Crippen MR) is 116 cm³/mol. The van der Waals surface area contributed by atoms with Gasteiger partial charge >= 0.3 is 0 Å². The van der Waals surface area contributed by atoms with Crippen LogP contribution in [0.3, 0.4) is 0 Å². The molecule has 1 radical (unpaired) electrons. The Morgan fingerprint density at radius 2 is 1.77 bits per heavy atom. The molecule has 1 N–H and O–H groups in total. The summed E-state index contributed by atoms with van der Waals surface area (Å²) in [6.45, 7) is 6.91. The Hall–Kier alpha value is -2.69. The molecule has 161 valence electrons. The summed E-state index contributed by atoms with van der Waals surface area (Å²) < 4.78 is 10.9. The third-order valence-corrected chi connectivity index (χ3v) is 4.04. The van der Waals surface area contributed by atoms with Crippen LogP contribution in [0.5, 0.6) is 11.5 Å². The average Bonchev–Trinajstić information content (AvgIpc) is 2.65. The van der Waals surface area contributed by atoms with Gasteiger partial charge in [-0.1, -0.05) is 24.6 Å². The summed E-state index contributed by atoms with van der Waals surface area (Å²) in [5.41, 5.74) is 4.79. The number of hydrogen-bond acceptors (Lipinski definition) is 5. The van der Waals surface area contributed by atoms with Gasteiger partial charge in [0.15, 0.2) is 5.78 Å². The smallest absolute Gasteiger partial charge is 0.155 e. The molecule has 6 heteroatoms. The third kappa shape index (κ3) is 6.97. The van der Waals surface area contributed by atoms with E-state index >= 15 is 0 Å². The van der Waals surface area contributed by atoms with E-state index < -0.39 is 0 Å². The number of carbonyl (C=O) groups excluding carboxylic acids is 1. The Balaban J connectivity index is 0.000000489. The Morgan fingerprint density at radius 1 is 1.07 bits per heavy atom. The van der Waals surface area contributed by atoms with Gasteiger partial charge in [-0.2, -0.15) is 0 Å². The molecule has 1 aromatic heterocycles. The molecule has 3 aromatic rings. The molecule has 5 nitrogen and oxygen atoms in total. The van der Waals surface area contributed by atoms with Crippen LogP contribution in [0.2, 0.25) is 0 Å². The molecule has 2 aromatic carbocycles. The van der Waals surface area contributed by atoms with Crippen LogP contribution in [0.4, 0.5) is 0 Å². The Morgan fingerprint density at radius 3 is 2.30 bits per heavy atom. The van der Waals surface area contributed by atoms with E-state index in [1.54, 1.807) is 14.2 Å². The van der Waals surface area contributed by atoms with Crippen molar-refractivity contribution in [3.05, 3.63) is 65.4 Å². The van der Waals surface area contributed by atoms with Crippen molar-refractivity contribution in [3.8, 4) is 22.8 Å². The fourth-order valence-corrected chi connectivity index (χ4v) is 2.85. The number of aliphatic hydroxyl groups excluding tert-OH is 1. The zero-order valence-electron chi connectivity index (χ0n) is 18.0. The van der Waals surface area contributed by atoms with E-state index in [0.29, 0.717) is 0 Å². The Kier molecular flexibility index (Phi) is 9.70. The van der Waals surface area contributed by atoms with Gasteiger partial charge in [0.25, 0.3) is 0 Å². The van der Waals surface area contributed by atoms with Gasteiger partial charge in [-0.25, -0.2) is 0 Å². The molecular formula is C24H26IrNO4-. The van der Waals surface area contributed by atoms with Crippen molar-refractivity contribution < 1.29 is 39.5 Å². The summed E-state index contributed by atoms with van der Waals surface area (Å²) in [5.74, 6) is 1.47. The van der Waals surface area contributed by atoms with Gasteiger partial charge < -0.3 is 14.6 Å². The number of ether oxygens (including phenoxy) is 2. The van der Waals surface area contributed by atoms with Crippen molar-refractivity contribution >= 4 is 16.7 Å². The first-order chi connectivity index (χ1) is 13.7. The first-order valence-electron chi connectivity index (χ1n) is 9.15. The first-order valence-corrected chi connectivity index (χ1v) is 9.15. The maximum Gasteiger partial charge on any atom is 0.155 e. The SMILES string of the molecule is CC(=O)/C=C(/C)O.COc1cc(C)[c-]c(-c2nc3ccc(C)cc3cc2OC)c1.[Ir].